The highest BCUT2D eigenvalue weighted by molar-refractivity contribution is 5.20. The molecule has 2 aliphatic heterocycles. The van der Waals surface area contributed by atoms with Crippen LogP contribution in [0.15, 0.2) is 23.5 Å². The third kappa shape index (κ3) is 3.02. The van der Waals surface area contributed by atoms with E-state index in [4.69, 9.17) is 0 Å². The summed E-state index contributed by atoms with van der Waals surface area (Å²) in [6, 6.07) is 0. The van der Waals surface area contributed by atoms with Gasteiger partial charge in [0.2, 0.25) is 0 Å². The average Bonchev–Trinajstić information content (AvgIpc) is 3.19. The molecule has 1 saturated heterocycles. The summed E-state index contributed by atoms with van der Waals surface area (Å²) in [5, 5.41) is 4.50. The number of hydrogen-bond acceptors (Lipinski definition) is 4. The van der Waals surface area contributed by atoms with Gasteiger partial charge in [0.15, 0.2) is 0 Å². The molecule has 6 heteroatoms. The third-order valence-electron chi connectivity index (χ3n) is 5.45. The zero-order chi connectivity index (χ0) is 16.5. The summed E-state index contributed by atoms with van der Waals surface area (Å²) in [4.78, 5) is 18.8. The second-order valence-electron chi connectivity index (χ2n) is 7.20. The van der Waals surface area contributed by atoms with Crippen LogP contribution in [0.4, 0.5) is 0 Å². The van der Waals surface area contributed by atoms with Crippen LogP contribution < -0.4 is 5.56 Å². The maximum atomic E-state index is 12.1. The van der Waals surface area contributed by atoms with E-state index in [-0.39, 0.29) is 5.56 Å². The molecule has 1 fully saturated rings. The summed E-state index contributed by atoms with van der Waals surface area (Å²) in [7, 11) is 0. The van der Waals surface area contributed by atoms with Crippen molar-refractivity contribution < 1.29 is 0 Å². The van der Waals surface area contributed by atoms with Crippen molar-refractivity contribution in [1.82, 2.24) is 24.2 Å². The average molecular weight is 327 g/mol. The first-order valence-corrected chi connectivity index (χ1v) is 8.97. The minimum Gasteiger partial charge on any atom is -0.299 e. The highest BCUT2D eigenvalue weighted by atomic mass is 16.1. The minimum atomic E-state index is 0.0999. The van der Waals surface area contributed by atoms with Crippen molar-refractivity contribution >= 4 is 0 Å². The van der Waals surface area contributed by atoms with Gasteiger partial charge >= 0.3 is 0 Å². The standard InChI is InChI=1S/C18H25N5O/c1-14-9-19-13-22(18(14)24)11-15-4-7-21(8-5-15)12-16-10-20-23-6-2-3-17(16)23/h9-10,13,15H,2-8,11-12H2,1H3. The zero-order valence-corrected chi connectivity index (χ0v) is 14.3. The molecule has 4 rings (SSSR count). The SMILES string of the molecule is Cc1cncn(CC2CCN(Cc3cnn4c3CCC4)CC2)c1=O. The van der Waals surface area contributed by atoms with Gasteiger partial charge in [-0.15, -0.1) is 0 Å². The number of fused-ring (bicyclic) bond motifs is 1. The summed E-state index contributed by atoms with van der Waals surface area (Å²) >= 11 is 0. The molecule has 0 bridgehead atoms. The van der Waals surface area contributed by atoms with E-state index in [0.717, 1.165) is 51.1 Å². The Morgan fingerprint density at radius 3 is 2.88 bits per heavy atom. The van der Waals surface area contributed by atoms with E-state index >= 15 is 0 Å². The fourth-order valence-corrected chi connectivity index (χ4v) is 4.00. The molecule has 0 spiro atoms. The summed E-state index contributed by atoms with van der Waals surface area (Å²) in [6.45, 7) is 6.93. The van der Waals surface area contributed by atoms with Crippen LogP contribution in [0.2, 0.25) is 0 Å². The largest absolute Gasteiger partial charge is 0.299 e. The minimum absolute atomic E-state index is 0.0999. The maximum Gasteiger partial charge on any atom is 0.256 e. The van der Waals surface area contributed by atoms with Gasteiger partial charge in [0.25, 0.3) is 5.56 Å². The van der Waals surface area contributed by atoms with Crippen molar-refractivity contribution in [3.63, 3.8) is 0 Å². The van der Waals surface area contributed by atoms with Crippen LogP contribution in [-0.4, -0.2) is 37.3 Å². The first-order chi connectivity index (χ1) is 11.7. The van der Waals surface area contributed by atoms with Gasteiger partial charge in [0.1, 0.15) is 0 Å². The molecule has 128 valence electrons. The predicted octanol–water partition coefficient (Wildman–Crippen LogP) is 1.61. The fraction of sp³-hybridized carbons (Fsp3) is 0.611. The molecule has 0 amide bonds. The summed E-state index contributed by atoms with van der Waals surface area (Å²) in [5.74, 6) is 0.570. The smallest absolute Gasteiger partial charge is 0.256 e. The third-order valence-corrected chi connectivity index (χ3v) is 5.45. The second kappa shape index (κ2) is 6.51. The van der Waals surface area contributed by atoms with Crippen LogP contribution in [-0.2, 0) is 26.1 Å². The van der Waals surface area contributed by atoms with E-state index < -0.39 is 0 Å². The highest BCUT2D eigenvalue weighted by Gasteiger charge is 2.23. The molecule has 2 aliphatic rings. The first-order valence-electron chi connectivity index (χ1n) is 8.97. The van der Waals surface area contributed by atoms with Crippen molar-refractivity contribution in [3.05, 3.63) is 45.9 Å². The Bertz CT molecular complexity index is 770. The fourth-order valence-electron chi connectivity index (χ4n) is 4.00. The van der Waals surface area contributed by atoms with Crippen LogP contribution in [0.5, 0.6) is 0 Å². The Kier molecular flexibility index (Phi) is 4.22. The van der Waals surface area contributed by atoms with Gasteiger partial charge in [-0.25, -0.2) is 4.98 Å². The van der Waals surface area contributed by atoms with Gasteiger partial charge in [-0.05, 0) is 51.6 Å². The summed E-state index contributed by atoms with van der Waals surface area (Å²) in [6.07, 6.45) is 10.1. The molecule has 2 aromatic rings. The van der Waals surface area contributed by atoms with E-state index in [0.29, 0.717) is 5.92 Å². The Labute approximate surface area is 142 Å². The van der Waals surface area contributed by atoms with E-state index in [9.17, 15) is 4.79 Å². The van der Waals surface area contributed by atoms with Gasteiger partial charge in [-0.2, -0.15) is 5.10 Å². The number of nitrogens with zero attached hydrogens (tertiary/aromatic N) is 5. The van der Waals surface area contributed by atoms with Gasteiger partial charge in [0, 0.05) is 42.7 Å². The lowest BCUT2D eigenvalue weighted by Gasteiger charge is -2.32. The molecule has 24 heavy (non-hydrogen) atoms. The van der Waals surface area contributed by atoms with Gasteiger partial charge in [-0.3, -0.25) is 18.9 Å². The lowest BCUT2D eigenvalue weighted by molar-refractivity contribution is 0.166. The zero-order valence-electron chi connectivity index (χ0n) is 14.3. The lowest BCUT2D eigenvalue weighted by Crippen LogP contribution is -2.36. The summed E-state index contributed by atoms with van der Waals surface area (Å²) < 4.78 is 3.94. The maximum absolute atomic E-state index is 12.1. The Balaban J connectivity index is 1.33. The lowest BCUT2D eigenvalue weighted by atomic mass is 9.96. The molecule has 6 nitrogen and oxygen atoms in total. The van der Waals surface area contributed by atoms with Crippen molar-refractivity contribution in [2.24, 2.45) is 5.92 Å². The highest BCUT2D eigenvalue weighted by Crippen LogP contribution is 2.23. The number of likely N-dealkylation sites (tertiary alicyclic amines) is 1. The number of hydrogen-bond donors (Lipinski definition) is 0. The molecule has 0 saturated carbocycles. The first kappa shape index (κ1) is 15.6. The van der Waals surface area contributed by atoms with Gasteiger partial charge in [0.05, 0.1) is 12.5 Å². The van der Waals surface area contributed by atoms with Crippen LogP contribution in [0, 0.1) is 12.8 Å². The van der Waals surface area contributed by atoms with Gasteiger partial charge < -0.3 is 0 Å². The van der Waals surface area contributed by atoms with E-state index in [1.54, 1.807) is 17.1 Å². The monoisotopic (exact) mass is 327 g/mol. The normalized spacial score (nSPS) is 18.9. The van der Waals surface area contributed by atoms with Crippen molar-refractivity contribution in [1.29, 1.82) is 0 Å². The van der Waals surface area contributed by atoms with Crippen LogP contribution >= 0.6 is 0 Å². The van der Waals surface area contributed by atoms with Crippen LogP contribution in [0.3, 0.4) is 0 Å². The van der Waals surface area contributed by atoms with Crippen molar-refractivity contribution in [3.8, 4) is 0 Å². The molecule has 0 unspecified atom stereocenters. The second-order valence-corrected chi connectivity index (χ2v) is 7.20. The molecule has 0 aliphatic carbocycles. The van der Waals surface area contributed by atoms with Crippen LogP contribution in [0.1, 0.15) is 36.1 Å². The number of aromatic nitrogens is 4. The van der Waals surface area contributed by atoms with Crippen molar-refractivity contribution in [2.75, 3.05) is 13.1 Å². The molecule has 0 atom stereocenters. The van der Waals surface area contributed by atoms with E-state index in [1.165, 1.54) is 24.1 Å². The number of rotatable bonds is 4. The topological polar surface area (TPSA) is 56.0 Å². The molecular weight excluding hydrogens is 302 g/mol. The predicted molar refractivity (Wildman–Crippen MR) is 91.8 cm³/mol. The molecule has 0 N–H and O–H groups in total. The molecule has 2 aromatic heterocycles. The molecule has 0 aromatic carbocycles. The molecule has 4 heterocycles. The quantitative estimate of drug-likeness (QED) is 0.856. The van der Waals surface area contributed by atoms with Gasteiger partial charge in [-0.1, -0.05) is 0 Å². The van der Waals surface area contributed by atoms with E-state index in [2.05, 4.69) is 25.9 Å². The molecule has 0 radical (unpaired) electrons. The molecular formula is C18H25N5O. The Hall–Kier alpha value is -1.95. The van der Waals surface area contributed by atoms with Crippen molar-refractivity contribution in [2.45, 2.75) is 52.2 Å². The summed E-state index contributed by atoms with van der Waals surface area (Å²) in [5.41, 5.74) is 3.67. The Morgan fingerprint density at radius 1 is 1.21 bits per heavy atom. The van der Waals surface area contributed by atoms with Crippen LogP contribution in [0.25, 0.3) is 0 Å². The number of aryl methyl sites for hydroxylation is 2. The van der Waals surface area contributed by atoms with E-state index in [1.807, 2.05) is 6.92 Å². The Morgan fingerprint density at radius 2 is 2.04 bits per heavy atom. The number of piperidine rings is 1.